The molecule has 0 heterocycles. The minimum atomic E-state index is -0.153. The summed E-state index contributed by atoms with van der Waals surface area (Å²) >= 11 is 0. The second-order valence-electron chi connectivity index (χ2n) is 10.1. The molecule has 3 fully saturated rings. The van der Waals surface area contributed by atoms with Crippen LogP contribution in [0, 0.1) is 40.4 Å². The number of aliphatic hydroxyl groups is 2. The molecule has 0 saturated heterocycles. The zero-order chi connectivity index (χ0) is 18.0. The summed E-state index contributed by atoms with van der Waals surface area (Å²) in [7, 11) is 0. The van der Waals surface area contributed by atoms with Gasteiger partial charge in [0, 0.05) is 6.61 Å². The molecule has 2 N–H and O–H groups in total. The highest BCUT2D eigenvalue weighted by atomic mass is 16.3. The molecule has 140 valence electrons. The fourth-order valence-corrected chi connectivity index (χ4v) is 7.51. The van der Waals surface area contributed by atoms with Crippen LogP contribution in [0.1, 0.15) is 66.2 Å². The molecule has 0 aliphatic heterocycles. The average Bonchev–Trinajstić information content (AvgIpc) is 2.93. The predicted octanol–water partition coefficient (Wildman–Crippen LogP) is 4.72. The highest BCUT2D eigenvalue weighted by Gasteiger charge is 2.58. The van der Waals surface area contributed by atoms with Gasteiger partial charge in [-0.1, -0.05) is 51.0 Å². The number of allylic oxidation sites excluding steroid dienone is 3. The fourth-order valence-electron chi connectivity index (χ4n) is 7.51. The van der Waals surface area contributed by atoms with Crippen LogP contribution in [0.15, 0.2) is 23.3 Å². The standard InChI is InChI=1S/C23H36O2/c1-14(13-24)19-7-8-20-18-6-5-16-12-17(25)11-15(2)23(16,4)21(18)9-10-22(19,20)3/h5-6,14-15,17,19-21,24-25H,7-13H2,1-4H3/t14-,15-,17?,19?,20?,21?,22?,23?/m1/s1. The number of hydrogen-bond donors (Lipinski definition) is 2. The van der Waals surface area contributed by atoms with E-state index in [-0.39, 0.29) is 11.5 Å². The van der Waals surface area contributed by atoms with Gasteiger partial charge in [0.2, 0.25) is 0 Å². The van der Waals surface area contributed by atoms with Gasteiger partial charge in [0.15, 0.2) is 0 Å². The van der Waals surface area contributed by atoms with Crippen molar-refractivity contribution in [1.29, 1.82) is 0 Å². The first kappa shape index (κ1) is 17.8. The molecule has 2 nitrogen and oxygen atoms in total. The maximum Gasteiger partial charge on any atom is 0.0580 e. The van der Waals surface area contributed by atoms with Gasteiger partial charge in [-0.2, -0.15) is 0 Å². The van der Waals surface area contributed by atoms with Gasteiger partial charge in [0.05, 0.1) is 6.10 Å². The van der Waals surface area contributed by atoms with Gasteiger partial charge in [-0.15, -0.1) is 0 Å². The summed E-state index contributed by atoms with van der Waals surface area (Å²) in [5, 5.41) is 20.0. The minimum absolute atomic E-state index is 0.153. The molecule has 0 radical (unpaired) electrons. The molecular weight excluding hydrogens is 308 g/mol. The van der Waals surface area contributed by atoms with Crippen LogP contribution in [-0.2, 0) is 0 Å². The molecule has 8 atom stereocenters. The molecule has 2 heteroatoms. The third-order valence-electron chi connectivity index (χ3n) is 9.16. The minimum Gasteiger partial charge on any atom is -0.396 e. The molecule has 25 heavy (non-hydrogen) atoms. The zero-order valence-electron chi connectivity index (χ0n) is 16.5. The monoisotopic (exact) mass is 344 g/mol. The first-order valence-corrected chi connectivity index (χ1v) is 10.5. The largest absolute Gasteiger partial charge is 0.396 e. The Bertz CT molecular complexity index is 605. The smallest absolute Gasteiger partial charge is 0.0580 e. The van der Waals surface area contributed by atoms with Crippen molar-refractivity contribution in [3.05, 3.63) is 23.3 Å². The van der Waals surface area contributed by atoms with Crippen LogP contribution in [0.25, 0.3) is 0 Å². The van der Waals surface area contributed by atoms with Crippen LogP contribution in [0.3, 0.4) is 0 Å². The van der Waals surface area contributed by atoms with Crippen LogP contribution in [0.5, 0.6) is 0 Å². The molecule has 0 spiro atoms. The molecule has 3 saturated carbocycles. The number of rotatable bonds is 2. The summed E-state index contributed by atoms with van der Waals surface area (Å²) in [5.41, 5.74) is 3.81. The Hall–Kier alpha value is -0.600. The Balaban J connectivity index is 1.71. The second-order valence-corrected chi connectivity index (χ2v) is 10.1. The van der Waals surface area contributed by atoms with E-state index in [1.807, 2.05) is 0 Å². The van der Waals surface area contributed by atoms with E-state index < -0.39 is 0 Å². The Morgan fingerprint density at radius 1 is 1.16 bits per heavy atom. The van der Waals surface area contributed by atoms with Gasteiger partial charge in [0.25, 0.3) is 0 Å². The van der Waals surface area contributed by atoms with Crippen molar-refractivity contribution < 1.29 is 10.2 Å². The highest BCUT2D eigenvalue weighted by molar-refractivity contribution is 5.39. The molecular formula is C23H36O2. The van der Waals surface area contributed by atoms with Crippen molar-refractivity contribution in [3.63, 3.8) is 0 Å². The maximum absolute atomic E-state index is 10.3. The summed E-state index contributed by atoms with van der Waals surface area (Å²) in [6.07, 6.45) is 11.6. The molecule has 4 rings (SSSR count). The predicted molar refractivity (Wildman–Crippen MR) is 102 cm³/mol. The Labute approximate surface area is 153 Å². The van der Waals surface area contributed by atoms with Crippen molar-refractivity contribution in [2.75, 3.05) is 6.61 Å². The summed E-state index contributed by atoms with van der Waals surface area (Å²) < 4.78 is 0. The van der Waals surface area contributed by atoms with Crippen LogP contribution in [0.2, 0.25) is 0 Å². The van der Waals surface area contributed by atoms with Gasteiger partial charge in [0.1, 0.15) is 0 Å². The van der Waals surface area contributed by atoms with Crippen molar-refractivity contribution in [2.45, 2.75) is 72.3 Å². The molecule has 0 amide bonds. The van der Waals surface area contributed by atoms with Crippen molar-refractivity contribution in [3.8, 4) is 0 Å². The lowest BCUT2D eigenvalue weighted by molar-refractivity contribution is 0.000608. The zero-order valence-corrected chi connectivity index (χ0v) is 16.5. The SMILES string of the molecule is C[C@H](CO)C1CCC2C3=CC=C4CC(O)C[C@@H](C)C4(C)C3CCC21C. The Kier molecular flexibility index (Phi) is 4.24. The van der Waals surface area contributed by atoms with Crippen molar-refractivity contribution in [1.82, 2.24) is 0 Å². The first-order valence-electron chi connectivity index (χ1n) is 10.5. The van der Waals surface area contributed by atoms with E-state index in [1.165, 1.54) is 31.3 Å². The average molecular weight is 345 g/mol. The van der Waals surface area contributed by atoms with Crippen LogP contribution >= 0.6 is 0 Å². The summed E-state index contributed by atoms with van der Waals surface area (Å²) in [6.45, 7) is 9.92. The molecule has 0 aromatic rings. The van der Waals surface area contributed by atoms with Gasteiger partial charge in [-0.3, -0.25) is 0 Å². The van der Waals surface area contributed by atoms with Crippen molar-refractivity contribution in [2.24, 2.45) is 40.4 Å². The topological polar surface area (TPSA) is 40.5 Å². The van der Waals surface area contributed by atoms with Crippen LogP contribution < -0.4 is 0 Å². The third-order valence-corrected chi connectivity index (χ3v) is 9.16. The Morgan fingerprint density at radius 3 is 2.64 bits per heavy atom. The van der Waals surface area contributed by atoms with E-state index in [0.717, 1.165) is 12.8 Å². The normalized spacial score (nSPS) is 50.2. The third kappa shape index (κ3) is 2.36. The summed E-state index contributed by atoms with van der Waals surface area (Å²) in [6, 6.07) is 0. The maximum atomic E-state index is 10.3. The molecule has 0 aromatic heterocycles. The number of fused-ring (bicyclic) bond motifs is 5. The molecule has 0 aromatic carbocycles. The van der Waals surface area contributed by atoms with Gasteiger partial charge in [-0.25, -0.2) is 0 Å². The van der Waals surface area contributed by atoms with Gasteiger partial charge >= 0.3 is 0 Å². The first-order chi connectivity index (χ1) is 11.8. The summed E-state index contributed by atoms with van der Waals surface area (Å²) in [5.74, 6) is 2.98. The van der Waals surface area contributed by atoms with E-state index in [1.54, 1.807) is 5.57 Å². The van der Waals surface area contributed by atoms with Crippen molar-refractivity contribution >= 4 is 0 Å². The second kappa shape index (κ2) is 5.96. The Morgan fingerprint density at radius 2 is 1.92 bits per heavy atom. The van der Waals surface area contributed by atoms with E-state index in [4.69, 9.17) is 0 Å². The molecule has 4 aliphatic rings. The van der Waals surface area contributed by atoms with E-state index in [2.05, 4.69) is 39.8 Å². The van der Waals surface area contributed by atoms with Gasteiger partial charge in [-0.05, 0) is 78.9 Å². The fraction of sp³-hybridized carbons (Fsp3) is 0.826. The molecule has 4 aliphatic carbocycles. The van der Waals surface area contributed by atoms with E-state index in [0.29, 0.717) is 41.6 Å². The van der Waals surface area contributed by atoms with E-state index >= 15 is 0 Å². The lowest BCUT2D eigenvalue weighted by Gasteiger charge is -2.57. The van der Waals surface area contributed by atoms with Crippen LogP contribution in [0.4, 0.5) is 0 Å². The lowest BCUT2D eigenvalue weighted by atomic mass is 9.48. The lowest BCUT2D eigenvalue weighted by Crippen LogP contribution is -2.49. The quantitative estimate of drug-likeness (QED) is 0.761. The highest BCUT2D eigenvalue weighted by Crippen LogP contribution is 2.66. The summed E-state index contributed by atoms with van der Waals surface area (Å²) in [4.78, 5) is 0. The number of aliphatic hydroxyl groups excluding tert-OH is 2. The molecule has 6 unspecified atom stereocenters. The van der Waals surface area contributed by atoms with Crippen LogP contribution in [-0.4, -0.2) is 22.9 Å². The van der Waals surface area contributed by atoms with Gasteiger partial charge < -0.3 is 10.2 Å². The number of hydrogen-bond acceptors (Lipinski definition) is 2. The van der Waals surface area contributed by atoms with E-state index in [9.17, 15) is 10.2 Å². The molecule has 0 bridgehead atoms.